The maximum atomic E-state index is 6.20. The van der Waals surface area contributed by atoms with Crippen molar-refractivity contribution in [3.8, 4) is 23.0 Å². The number of hydrogen-bond acceptors (Lipinski definition) is 6. The van der Waals surface area contributed by atoms with Crippen molar-refractivity contribution in [1.82, 2.24) is 0 Å². The first kappa shape index (κ1) is 16.7. The highest BCUT2D eigenvalue weighted by Gasteiger charge is 2.48. The topological polar surface area (TPSA) is 55.4 Å². The maximum Gasteiger partial charge on any atom is 0.231 e. The van der Waals surface area contributed by atoms with E-state index in [-0.39, 0.29) is 24.9 Å². The third-order valence-corrected chi connectivity index (χ3v) is 5.69. The van der Waals surface area contributed by atoms with Crippen LogP contribution >= 0.6 is 0 Å². The zero-order chi connectivity index (χ0) is 18.4. The molecule has 5 rings (SSSR count). The molecule has 0 unspecified atom stereocenters. The molecule has 0 bridgehead atoms. The predicted octanol–water partition coefficient (Wildman–Crippen LogP) is 3.51. The Morgan fingerprint density at radius 2 is 1.37 bits per heavy atom. The van der Waals surface area contributed by atoms with E-state index in [1.807, 2.05) is 30.3 Å². The number of rotatable bonds is 4. The van der Waals surface area contributed by atoms with Crippen molar-refractivity contribution in [1.29, 1.82) is 0 Å². The Bertz CT molecular complexity index is 828. The maximum absolute atomic E-state index is 6.20. The standard InChI is InChI=1S/C21H22O6/c1-22-14-5-13(6-15(8-14)23-2)21-17-10-24-20(16(17)9-25-21)12-3-4-18-19(7-12)27-11-26-18/h3-8,16-17,20-21H,9-11H2,1-2H3/t16-,17+,20-,21+/m0/s1. The molecule has 0 aromatic heterocycles. The summed E-state index contributed by atoms with van der Waals surface area (Å²) in [7, 11) is 3.32. The van der Waals surface area contributed by atoms with Gasteiger partial charge in [0.15, 0.2) is 11.5 Å². The molecule has 3 aliphatic rings. The molecule has 0 amide bonds. The van der Waals surface area contributed by atoms with Crippen molar-refractivity contribution >= 4 is 0 Å². The normalized spacial score (nSPS) is 28.2. The summed E-state index contributed by atoms with van der Waals surface area (Å²) < 4.78 is 34.1. The minimum atomic E-state index is -0.0296. The fourth-order valence-electron chi connectivity index (χ4n) is 4.32. The van der Waals surface area contributed by atoms with Crippen LogP contribution in [0.3, 0.4) is 0 Å². The molecule has 3 aliphatic heterocycles. The van der Waals surface area contributed by atoms with Crippen molar-refractivity contribution in [3.63, 3.8) is 0 Å². The molecule has 3 heterocycles. The monoisotopic (exact) mass is 370 g/mol. The van der Waals surface area contributed by atoms with Gasteiger partial charge in [-0.2, -0.15) is 0 Å². The molecule has 0 saturated carbocycles. The quantitative estimate of drug-likeness (QED) is 0.821. The van der Waals surface area contributed by atoms with Gasteiger partial charge < -0.3 is 28.4 Å². The largest absolute Gasteiger partial charge is 0.497 e. The molecular weight excluding hydrogens is 348 g/mol. The fourth-order valence-corrected chi connectivity index (χ4v) is 4.32. The van der Waals surface area contributed by atoms with Crippen molar-refractivity contribution in [3.05, 3.63) is 47.5 Å². The summed E-state index contributed by atoms with van der Waals surface area (Å²) in [5, 5.41) is 0. The van der Waals surface area contributed by atoms with Crippen LogP contribution in [-0.2, 0) is 9.47 Å². The Labute approximate surface area is 157 Å². The molecule has 0 N–H and O–H groups in total. The molecule has 4 atom stereocenters. The van der Waals surface area contributed by atoms with Crippen LogP contribution in [0.25, 0.3) is 0 Å². The highest BCUT2D eigenvalue weighted by atomic mass is 16.7. The van der Waals surface area contributed by atoms with Crippen molar-refractivity contribution < 1.29 is 28.4 Å². The highest BCUT2D eigenvalue weighted by molar-refractivity contribution is 5.45. The summed E-state index contributed by atoms with van der Waals surface area (Å²) >= 11 is 0. The third kappa shape index (κ3) is 2.80. The van der Waals surface area contributed by atoms with Gasteiger partial charge >= 0.3 is 0 Å². The molecule has 2 aromatic rings. The Kier molecular flexibility index (Phi) is 4.10. The van der Waals surface area contributed by atoms with Crippen LogP contribution in [0.2, 0.25) is 0 Å². The third-order valence-electron chi connectivity index (χ3n) is 5.69. The molecule has 142 valence electrons. The van der Waals surface area contributed by atoms with Crippen molar-refractivity contribution in [2.45, 2.75) is 12.2 Å². The number of methoxy groups -OCH3 is 2. The van der Waals surface area contributed by atoms with Gasteiger partial charge in [0.05, 0.1) is 39.6 Å². The van der Waals surface area contributed by atoms with Gasteiger partial charge in [-0.05, 0) is 35.4 Å². The van der Waals surface area contributed by atoms with E-state index in [2.05, 4.69) is 6.07 Å². The van der Waals surface area contributed by atoms with Gasteiger partial charge in [0.25, 0.3) is 0 Å². The first-order valence-electron chi connectivity index (χ1n) is 9.12. The van der Waals surface area contributed by atoms with Crippen molar-refractivity contribution in [2.24, 2.45) is 11.8 Å². The summed E-state index contributed by atoms with van der Waals surface area (Å²) in [6.07, 6.45) is -0.0278. The summed E-state index contributed by atoms with van der Waals surface area (Å²) in [6, 6.07) is 11.9. The Balaban J connectivity index is 1.40. The predicted molar refractivity (Wildman–Crippen MR) is 96.5 cm³/mol. The van der Waals surface area contributed by atoms with E-state index < -0.39 is 0 Å². The molecule has 2 fully saturated rings. The molecule has 6 heteroatoms. The summed E-state index contributed by atoms with van der Waals surface area (Å²) in [5.74, 6) is 3.69. The summed E-state index contributed by atoms with van der Waals surface area (Å²) in [4.78, 5) is 0. The second-order valence-corrected chi connectivity index (χ2v) is 7.09. The zero-order valence-electron chi connectivity index (χ0n) is 15.3. The zero-order valence-corrected chi connectivity index (χ0v) is 15.3. The van der Waals surface area contributed by atoms with Gasteiger partial charge in [0.2, 0.25) is 6.79 Å². The van der Waals surface area contributed by atoms with Crippen molar-refractivity contribution in [2.75, 3.05) is 34.2 Å². The Morgan fingerprint density at radius 3 is 2.04 bits per heavy atom. The number of hydrogen-bond donors (Lipinski definition) is 0. The first-order chi connectivity index (χ1) is 13.3. The van der Waals surface area contributed by atoms with E-state index in [0.717, 1.165) is 34.1 Å². The molecule has 0 aliphatic carbocycles. The molecule has 2 saturated heterocycles. The van der Waals surface area contributed by atoms with Crippen LogP contribution in [0.15, 0.2) is 36.4 Å². The van der Waals surface area contributed by atoms with Gasteiger partial charge in [-0.15, -0.1) is 0 Å². The molecule has 2 aromatic carbocycles. The van der Waals surface area contributed by atoms with E-state index in [1.54, 1.807) is 14.2 Å². The molecule has 27 heavy (non-hydrogen) atoms. The molecule has 0 radical (unpaired) electrons. The van der Waals surface area contributed by atoms with Crippen LogP contribution in [0, 0.1) is 11.8 Å². The second-order valence-electron chi connectivity index (χ2n) is 7.09. The minimum Gasteiger partial charge on any atom is -0.497 e. The van der Waals surface area contributed by atoms with Gasteiger partial charge in [-0.25, -0.2) is 0 Å². The number of benzene rings is 2. The smallest absolute Gasteiger partial charge is 0.231 e. The lowest BCUT2D eigenvalue weighted by atomic mass is 9.85. The van der Waals surface area contributed by atoms with E-state index in [9.17, 15) is 0 Å². The average molecular weight is 370 g/mol. The lowest BCUT2D eigenvalue weighted by molar-refractivity contribution is 0.0191. The fraction of sp³-hybridized carbons (Fsp3) is 0.429. The summed E-state index contributed by atoms with van der Waals surface area (Å²) in [6.45, 7) is 1.60. The van der Waals surface area contributed by atoms with Crippen LogP contribution in [0.1, 0.15) is 23.3 Å². The lowest BCUT2D eigenvalue weighted by Gasteiger charge is -2.18. The van der Waals surface area contributed by atoms with Crippen LogP contribution in [0.4, 0.5) is 0 Å². The Hall–Kier alpha value is -2.44. The number of fused-ring (bicyclic) bond motifs is 2. The summed E-state index contributed by atoms with van der Waals surface area (Å²) in [5.41, 5.74) is 2.17. The van der Waals surface area contributed by atoms with E-state index in [0.29, 0.717) is 19.1 Å². The average Bonchev–Trinajstić information content (AvgIpc) is 3.42. The molecule has 6 nitrogen and oxygen atoms in total. The van der Waals surface area contributed by atoms with Crippen LogP contribution < -0.4 is 18.9 Å². The van der Waals surface area contributed by atoms with Gasteiger partial charge in [0.1, 0.15) is 11.5 Å². The Morgan fingerprint density at radius 1 is 0.741 bits per heavy atom. The first-order valence-corrected chi connectivity index (χ1v) is 9.12. The van der Waals surface area contributed by atoms with E-state index in [1.165, 1.54) is 0 Å². The van der Waals surface area contributed by atoms with Gasteiger partial charge in [0, 0.05) is 17.9 Å². The number of ether oxygens (including phenoxy) is 6. The van der Waals surface area contributed by atoms with Gasteiger partial charge in [-0.1, -0.05) is 6.07 Å². The van der Waals surface area contributed by atoms with E-state index >= 15 is 0 Å². The van der Waals surface area contributed by atoms with Crippen LogP contribution in [-0.4, -0.2) is 34.2 Å². The highest BCUT2D eigenvalue weighted by Crippen LogP contribution is 2.51. The van der Waals surface area contributed by atoms with Crippen LogP contribution in [0.5, 0.6) is 23.0 Å². The molecule has 0 spiro atoms. The lowest BCUT2D eigenvalue weighted by Crippen LogP contribution is -2.14. The van der Waals surface area contributed by atoms with E-state index in [4.69, 9.17) is 28.4 Å². The molecular formula is C21H22O6. The van der Waals surface area contributed by atoms with Gasteiger partial charge in [-0.3, -0.25) is 0 Å². The second kappa shape index (κ2) is 6.62. The SMILES string of the molecule is COc1cc(OC)cc([C@H]2OC[C@H]3[C@H]2CO[C@H]3c2ccc3c(c2)OCO3)c1. The minimum absolute atomic E-state index is 0.00185.